The number of anilines is 2. The average Bonchev–Trinajstić information content (AvgIpc) is 2.47. The van der Waals surface area contributed by atoms with Crippen molar-refractivity contribution in [2.45, 2.75) is 13.3 Å². The number of nitrogens with zero attached hydrogens (tertiary/aromatic N) is 2. The van der Waals surface area contributed by atoms with Crippen LogP contribution in [0.3, 0.4) is 0 Å². The molecule has 1 amide bonds. The number of rotatable bonds is 2. The van der Waals surface area contributed by atoms with E-state index in [0.29, 0.717) is 17.8 Å². The number of benzene rings is 1. The predicted molar refractivity (Wildman–Crippen MR) is 75.8 cm³/mol. The van der Waals surface area contributed by atoms with Gasteiger partial charge in [0.05, 0.1) is 23.5 Å². The van der Waals surface area contributed by atoms with Gasteiger partial charge in [0.25, 0.3) is 0 Å². The third kappa shape index (κ3) is 2.45. The fourth-order valence-corrected chi connectivity index (χ4v) is 3.31. The Labute approximate surface area is 113 Å². The fourth-order valence-electron chi connectivity index (χ4n) is 2.35. The molecule has 0 saturated carbocycles. The van der Waals surface area contributed by atoms with Crippen molar-refractivity contribution >= 4 is 27.3 Å². The van der Waals surface area contributed by atoms with Crippen LogP contribution in [0, 0.1) is 5.92 Å². The van der Waals surface area contributed by atoms with E-state index in [0.717, 1.165) is 0 Å². The van der Waals surface area contributed by atoms with Crippen molar-refractivity contribution in [2.75, 3.05) is 29.1 Å². The summed E-state index contributed by atoms with van der Waals surface area (Å²) in [6, 6.07) is 7.08. The number of fused-ring (bicyclic) bond motifs is 1. The van der Waals surface area contributed by atoms with Crippen LogP contribution in [0.5, 0.6) is 0 Å². The van der Waals surface area contributed by atoms with Crippen LogP contribution in [0.4, 0.5) is 11.4 Å². The van der Waals surface area contributed by atoms with Gasteiger partial charge in [0.1, 0.15) is 0 Å². The van der Waals surface area contributed by atoms with Crippen molar-refractivity contribution in [1.29, 1.82) is 0 Å². The second-order valence-electron chi connectivity index (χ2n) is 4.79. The van der Waals surface area contributed by atoms with Crippen LogP contribution in [0.2, 0.25) is 0 Å². The van der Waals surface area contributed by atoms with Crippen LogP contribution >= 0.6 is 0 Å². The summed E-state index contributed by atoms with van der Waals surface area (Å²) in [7, 11) is -1.71. The molecule has 104 valence electrons. The van der Waals surface area contributed by atoms with Crippen LogP contribution in [0.15, 0.2) is 24.3 Å². The molecular formula is C13H18N2O3S. The van der Waals surface area contributed by atoms with Crippen LogP contribution in [-0.4, -0.2) is 34.2 Å². The zero-order valence-corrected chi connectivity index (χ0v) is 12.1. The fraction of sp³-hybridized carbons (Fsp3) is 0.462. The topological polar surface area (TPSA) is 57.7 Å². The molecular weight excluding hydrogens is 264 g/mol. The largest absolute Gasteiger partial charge is 0.313 e. The summed E-state index contributed by atoms with van der Waals surface area (Å²) in [6.07, 6.45) is 1.79. The quantitative estimate of drug-likeness (QED) is 0.825. The van der Waals surface area contributed by atoms with E-state index < -0.39 is 10.0 Å². The molecule has 6 heteroatoms. The first-order valence-electron chi connectivity index (χ1n) is 6.20. The van der Waals surface area contributed by atoms with Gasteiger partial charge >= 0.3 is 0 Å². The molecule has 0 unspecified atom stereocenters. The van der Waals surface area contributed by atoms with Gasteiger partial charge in [-0.25, -0.2) is 8.42 Å². The zero-order valence-electron chi connectivity index (χ0n) is 11.3. The Kier molecular flexibility index (Phi) is 3.54. The lowest BCUT2D eigenvalue weighted by Gasteiger charge is -2.23. The number of carbonyl (C=O) groups excluding carboxylic acids is 1. The molecule has 0 radical (unpaired) electrons. The highest BCUT2D eigenvalue weighted by Gasteiger charge is 2.33. The first-order chi connectivity index (χ1) is 8.86. The van der Waals surface area contributed by atoms with Gasteiger partial charge in [0.2, 0.25) is 15.9 Å². The molecule has 0 spiro atoms. The molecule has 1 aromatic rings. The summed E-state index contributed by atoms with van der Waals surface area (Å²) in [5, 5.41) is 0. The maximum atomic E-state index is 12.3. The van der Waals surface area contributed by atoms with Crippen molar-refractivity contribution in [3.05, 3.63) is 24.3 Å². The van der Waals surface area contributed by atoms with Crippen LogP contribution in [0.1, 0.15) is 13.3 Å². The van der Waals surface area contributed by atoms with Crippen LogP contribution in [-0.2, 0) is 14.8 Å². The lowest BCUT2D eigenvalue weighted by Crippen LogP contribution is -2.37. The number of carbonyl (C=O) groups is 1. The molecule has 19 heavy (non-hydrogen) atoms. The van der Waals surface area contributed by atoms with Crippen molar-refractivity contribution < 1.29 is 13.2 Å². The maximum Gasteiger partial charge on any atom is 0.232 e. The Morgan fingerprint density at radius 1 is 1.26 bits per heavy atom. The summed E-state index contributed by atoms with van der Waals surface area (Å²) >= 11 is 0. The molecule has 0 saturated heterocycles. The molecule has 1 atom stereocenters. The SMILES string of the molecule is CC[C@H]1CN(S(C)(=O)=O)c2ccccc2N(C)C1=O. The van der Waals surface area contributed by atoms with Gasteiger partial charge < -0.3 is 4.90 Å². The summed E-state index contributed by atoms with van der Waals surface area (Å²) in [5.41, 5.74) is 1.20. The first-order valence-corrected chi connectivity index (χ1v) is 8.05. The smallest absolute Gasteiger partial charge is 0.232 e. The number of para-hydroxylation sites is 2. The van der Waals surface area contributed by atoms with E-state index in [1.54, 1.807) is 36.2 Å². The molecule has 1 heterocycles. The highest BCUT2D eigenvalue weighted by molar-refractivity contribution is 7.92. The molecule has 0 bridgehead atoms. The molecule has 0 fully saturated rings. The lowest BCUT2D eigenvalue weighted by molar-refractivity contribution is -0.121. The van der Waals surface area contributed by atoms with Gasteiger partial charge in [-0.2, -0.15) is 0 Å². The molecule has 0 N–H and O–H groups in total. The molecule has 0 aromatic heterocycles. The number of hydrogen-bond acceptors (Lipinski definition) is 3. The number of sulfonamides is 1. The standard InChI is InChI=1S/C13H18N2O3S/c1-4-10-9-15(19(3,17)18)12-8-6-5-7-11(12)14(2)13(10)16/h5-8,10H,4,9H2,1-3H3/t10-/m0/s1. The highest BCUT2D eigenvalue weighted by Crippen LogP contribution is 2.35. The Morgan fingerprint density at radius 3 is 2.37 bits per heavy atom. The van der Waals surface area contributed by atoms with Crippen LogP contribution in [0.25, 0.3) is 0 Å². The number of hydrogen-bond donors (Lipinski definition) is 0. The van der Waals surface area contributed by atoms with E-state index in [4.69, 9.17) is 0 Å². The van der Waals surface area contributed by atoms with E-state index >= 15 is 0 Å². The van der Waals surface area contributed by atoms with Gasteiger partial charge in [-0.15, -0.1) is 0 Å². The van der Waals surface area contributed by atoms with Gasteiger partial charge in [-0.05, 0) is 18.6 Å². The lowest BCUT2D eigenvalue weighted by atomic mass is 10.1. The Bertz CT molecular complexity index is 598. The number of amides is 1. The Hall–Kier alpha value is -1.56. The Balaban J connectivity index is 2.63. The second-order valence-corrected chi connectivity index (χ2v) is 6.69. The molecule has 1 aliphatic rings. The third-order valence-electron chi connectivity index (χ3n) is 3.47. The van der Waals surface area contributed by atoms with Gasteiger partial charge in [0.15, 0.2) is 0 Å². The average molecular weight is 282 g/mol. The summed E-state index contributed by atoms with van der Waals surface area (Å²) in [4.78, 5) is 13.9. The van der Waals surface area contributed by atoms with Crippen molar-refractivity contribution in [1.82, 2.24) is 0 Å². The minimum Gasteiger partial charge on any atom is -0.313 e. The third-order valence-corrected chi connectivity index (χ3v) is 4.62. The molecule has 0 aliphatic carbocycles. The van der Waals surface area contributed by atoms with Gasteiger partial charge in [-0.3, -0.25) is 9.10 Å². The minimum atomic E-state index is -3.40. The molecule has 5 nitrogen and oxygen atoms in total. The van der Waals surface area contributed by atoms with E-state index in [1.807, 2.05) is 6.92 Å². The van der Waals surface area contributed by atoms with Crippen molar-refractivity contribution in [3.8, 4) is 0 Å². The van der Waals surface area contributed by atoms with Crippen molar-refractivity contribution in [3.63, 3.8) is 0 Å². The van der Waals surface area contributed by atoms with Gasteiger partial charge in [0, 0.05) is 13.6 Å². The predicted octanol–water partition coefficient (Wildman–Crippen LogP) is 1.46. The second kappa shape index (κ2) is 4.85. The normalized spacial score (nSPS) is 20.2. The summed E-state index contributed by atoms with van der Waals surface area (Å²) in [5.74, 6) is -0.353. The van der Waals surface area contributed by atoms with E-state index in [-0.39, 0.29) is 18.4 Å². The van der Waals surface area contributed by atoms with Gasteiger partial charge in [-0.1, -0.05) is 19.1 Å². The van der Waals surface area contributed by atoms with Crippen molar-refractivity contribution in [2.24, 2.45) is 5.92 Å². The van der Waals surface area contributed by atoms with E-state index in [1.165, 1.54) is 10.6 Å². The summed E-state index contributed by atoms with van der Waals surface area (Å²) < 4.78 is 25.3. The van der Waals surface area contributed by atoms with E-state index in [2.05, 4.69) is 0 Å². The van der Waals surface area contributed by atoms with E-state index in [9.17, 15) is 13.2 Å². The molecule has 1 aromatic carbocycles. The monoisotopic (exact) mass is 282 g/mol. The Morgan fingerprint density at radius 2 is 1.84 bits per heavy atom. The summed E-state index contributed by atoms with van der Waals surface area (Å²) in [6.45, 7) is 2.10. The minimum absolute atomic E-state index is 0.0406. The molecule has 2 rings (SSSR count). The molecule has 1 aliphatic heterocycles. The zero-order chi connectivity index (χ0) is 14.2. The maximum absolute atomic E-state index is 12.3. The van der Waals surface area contributed by atoms with Crippen LogP contribution < -0.4 is 9.21 Å². The highest BCUT2D eigenvalue weighted by atomic mass is 32.2. The first kappa shape index (κ1) is 13.9.